The van der Waals surface area contributed by atoms with E-state index in [1.54, 1.807) is 11.3 Å². The first-order valence-corrected chi connectivity index (χ1v) is 19.5. The molecule has 0 radical (unpaired) electrons. The lowest BCUT2D eigenvalue weighted by molar-refractivity contribution is 0.620. The van der Waals surface area contributed by atoms with Gasteiger partial charge in [0.15, 0.2) is 5.58 Å². The summed E-state index contributed by atoms with van der Waals surface area (Å²) in [6.45, 7) is 0. The Labute approximate surface area is 327 Å². The van der Waals surface area contributed by atoms with Crippen LogP contribution in [-0.4, -0.2) is 4.98 Å². The number of furan rings is 1. The fourth-order valence-corrected chi connectivity index (χ4v) is 8.48. The van der Waals surface area contributed by atoms with Crippen LogP contribution in [0.3, 0.4) is 0 Å². The topological polar surface area (TPSA) is 42.4 Å². The fraction of sp³-hybridized carbons (Fsp3) is 0. The normalized spacial score (nSPS) is 11.6. The molecule has 0 fully saturated rings. The van der Waals surface area contributed by atoms with Gasteiger partial charge in [-0.2, -0.15) is 0 Å². The summed E-state index contributed by atoms with van der Waals surface area (Å²) in [5.74, 6) is 0.613. The van der Waals surface area contributed by atoms with Crippen LogP contribution in [0.2, 0.25) is 0 Å². The van der Waals surface area contributed by atoms with Gasteiger partial charge in [-0.3, -0.25) is 0 Å². The van der Waals surface area contributed by atoms with E-state index in [4.69, 9.17) is 13.8 Å². The minimum atomic E-state index is 0.613. The Morgan fingerprint density at radius 3 is 1.61 bits per heavy atom. The molecule has 11 rings (SSSR count). The standard InChI is InChI=1S/C51H32N2O2S/c1-3-9-47-44(7-1)45-28-21-38(31-49(45)54-47)35-13-11-33(12-14-35)34-15-22-41(23-16-34)53(42-24-17-36(18-25-42)40-30-39-6-5-29-56-50(39)32-40)43-26-19-37(20-27-43)51-52-46-8-2-4-10-48(46)55-51/h1-32H. The van der Waals surface area contributed by atoms with Gasteiger partial charge >= 0.3 is 0 Å². The number of aromatic nitrogens is 1. The maximum atomic E-state index is 6.17. The molecule has 0 atom stereocenters. The smallest absolute Gasteiger partial charge is 0.227 e. The molecule has 56 heavy (non-hydrogen) atoms. The van der Waals surface area contributed by atoms with E-state index in [9.17, 15) is 0 Å². The Morgan fingerprint density at radius 2 is 0.929 bits per heavy atom. The van der Waals surface area contributed by atoms with Gasteiger partial charge in [0.05, 0.1) is 0 Å². The molecule has 0 bridgehead atoms. The summed E-state index contributed by atoms with van der Waals surface area (Å²) in [6.07, 6.45) is 0. The highest BCUT2D eigenvalue weighted by Crippen LogP contribution is 2.40. The van der Waals surface area contributed by atoms with Crippen molar-refractivity contribution in [3.63, 3.8) is 0 Å². The average molecular weight is 737 g/mol. The van der Waals surface area contributed by atoms with Crippen LogP contribution < -0.4 is 4.90 Å². The molecule has 264 valence electrons. The number of hydrogen-bond donors (Lipinski definition) is 0. The number of anilines is 3. The second kappa shape index (κ2) is 13.3. The zero-order valence-electron chi connectivity index (χ0n) is 30.1. The monoisotopic (exact) mass is 736 g/mol. The van der Waals surface area contributed by atoms with E-state index in [1.807, 2.05) is 36.4 Å². The number of hydrogen-bond acceptors (Lipinski definition) is 5. The zero-order chi connectivity index (χ0) is 37.0. The lowest BCUT2D eigenvalue weighted by atomic mass is 9.99. The molecule has 0 spiro atoms. The number of nitrogens with zero attached hydrogens (tertiary/aromatic N) is 2. The van der Waals surface area contributed by atoms with E-state index in [1.165, 1.54) is 21.6 Å². The van der Waals surface area contributed by atoms with Crippen LogP contribution in [0.5, 0.6) is 0 Å². The predicted molar refractivity (Wildman–Crippen MR) is 232 cm³/mol. The molecule has 9 aromatic rings. The van der Waals surface area contributed by atoms with Crippen molar-refractivity contribution in [2.75, 3.05) is 4.90 Å². The molecular weight excluding hydrogens is 705 g/mol. The predicted octanol–water partition coefficient (Wildman–Crippen LogP) is 15.0. The molecular formula is C51H32N2O2S. The molecule has 2 aromatic heterocycles. The molecule has 0 unspecified atom stereocenters. The van der Waals surface area contributed by atoms with Crippen LogP contribution in [0, 0.1) is 0 Å². The molecule has 4 nitrogen and oxygen atoms in total. The highest BCUT2D eigenvalue weighted by molar-refractivity contribution is 7.13. The minimum Gasteiger partial charge on any atom is -0.456 e. The van der Waals surface area contributed by atoms with Gasteiger partial charge in [-0.25, -0.2) is 4.98 Å². The molecule has 7 aromatic carbocycles. The summed E-state index contributed by atoms with van der Waals surface area (Å²) in [4.78, 5) is 8.32. The average Bonchev–Trinajstić information content (AvgIpc) is 4.00. The van der Waals surface area contributed by atoms with Crippen molar-refractivity contribution in [3.8, 4) is 55.3 Å². The van der Waals surface area contributed by atoms with Gasteiger partial charge in [0.2, 0.25) is 5.89 Å². The Bertz CT molecular complexity index is 3010. The van der Waals surface area contributed by atoms with Crippen LogP contribution in [-0.2, 0) is 0 Å². The summed E-state index contributed by atoms with van der Waals surface area (Å²) in [6, 6.07) is 66.3. The summed E-state index contributed by atoms with van der Waals surface area (Å²) in [5.41, 5.74) is 15.9. The lowest BCUT2D eigenvalue weighted by Crippen LogP contribution is -2.09. The second-order valence-electron chi connectivity index (χ2n) is 14.0. The van der Waals surface area contributed by atoms with Crippen LogP contribution >= 0.6 is 11.3 Å². The van der Waals surface area contributed by atoms with E-state index in [0.717, 1.165) is 77.9 Å². The third kappa shape index (κ3) is 5.74. The summed E-state index contributed by atoms with van der Waals surface area (Å²) >= 11 is 1.77. The molecule has 0 N–H and O–H groups in total. The van der Waals surface area contributed by atoms with E-state index in [0.29, 0.717) is 5.89 Å². The van der Waals surface area contributed by atoms with Gasteiger partial charge < -0.3 is 13.7 Å². The Balaban J connectivity index is 0.911. The maximum Gasteiger partial charge on any atom is 0.227 e. The summed E-state index contributed by atoms with van der Waals surface area (Å²) in [7, 11) is 0. The highest BCUT2D eigenvalue weighted by atomic mass is 32.1. The van der Waals surface area contributed by atoms with Gasteiger partial charge in [0.25, 0.3) is 0 Å². The van der Waals surface area contributed by atoms with Crippen molar-refractivity contribution in [3.05, 3.63) is 193 Å². The van der Waals surface area contributed by atoms with Crippen molar-refractivity contribution < 1.29 is 8.83 Å². The third-order valence-corrected chi connectivity index (χ3v) is 11.5. The van der Waals surface area contributed by atoms with Crippen molar-refractivity contribution in [2.24, 2.45) is 0 Å². The van der Waals surface area contributed by atoms with Gasteiger partial charge in [0, 0.05) is 38.3 Å². The molecule has 1 aliphatic carbocycles. The Kier molecular flexibility index (Phi) is 7.64. The number of benzene rings is 7. The molecule has 3 heterocycles. The molecule has 0 saturated heterocycles. The number of para-hydroxylation sites is 3. The molecule has 1 aliphatic heterocycles. The van der Waals surface area contributed by atoms with Crippen molar-refractivity contribution in [1.29, 1.82) is 0 Å². The van der Waals surface area contributed by atoms with Gasteiger partial charge in [0.1, 0.15) is 16.7 Å². The first-order chi connectivity index (χ1) is 27.7. The van der Waals surface area contributed by atoms with E-state index < -0.39 is 0 Å². The van der Waals surface area contributed by atoms with Gasteiger partial charge in [-0.1, -0.05) is 97.1 Å². The number of oxazole rings is 1. The van der Waals surface area contributed by atoms with Crippen molar-refractivity contribution in [1.82, 2.24) is 4.98 Å². The minimum absolute atomic E-state index is 0.613. The highest BCUT2D eigenvalue weighted by Gasteiger charge is 2.16. The van der Waals surface area contributed by atoms with Gasteiger partial charge in [-0.15, -0.1) is 11.3 Å². The molecule has 2 aliphatic rings. The quantitative estimate of drug-likeness (QED) is 0.163. The van der Waals surface area contributed by atoms with E-state index in [-0.39, 0.29) is 0 Å². The SMILES string of the molecule is c1csc2cc(-c3ccc(N(c4ccc(-c5ccc(-c6ccc7c(c6)oc6ccccc67)cc5)cc4)c4ccc(-c5nc6ccccc6o5)cc4)cc3)cc-2c1. The van der Waals surface area contributed by atoms with E-state index in [2.05, 4.69) is 162 Å². The van der Waals surface area contributed by atoms with Crippen LogP contribution in [0.25, 0.3) is 88.3 Å². The van der Waals surface area contributed by atoms with Crippen LogP contribution in [0.1, 0.15) is 0 Å². The summed E-state index contributed by atoms with van der Waals surface area (Å²) < 4.78 is 12.3. The Morgan fingerprint density at radius 1 is 0.375 bits per heavy atom. The maximum absolute atomic E-state index is 6.17. The van der Waals surface area contributed by atoms with Gasteiger partial charge in [-0.05, 0) is 135 Å². The van der Waals surface area contributed by atoms with Crippen LogP contribution in [0.15, 0.2) is 202 Å². The molecule has 0 amide bonds. The summed E-state index contributed by atoms with van der Waals surface area (Å²) in [5, 5.41) is 4.42. The second-order valence-corrected chi connectivity index (χ2v) is 15.0. The van der Waals surface area contributed by atoms with Crippen molar-refractivity contribution >= 4 is 61.4 Å². The largest absolute Gasteiger partial charge is 0.456 e. The molecule has 5 heteroatoms. The number of rotatable bonds is 7. The Hall–Kier alpha value is -7.21. The lowest BCUT2D eigenvalue weighted by Gasteiger charge is -2.26. The first-order valence-electron chi connectivity index (χ1n) is 18.7. The van der Waals surface area contributed by atoms with Crippen molar-refractivity contribution in [2.45, 2.75) is 0 Å². The van der Waals surface area contributed by atoms with E-state index >= 15 is 0 Å². The van der Waals surface area contributed by atoms with Crippen LogP contribution in [0.4, 0.5) is 17.1 Å². The third-order valence-electron chi connectivity index (χ3n) is 10.6. The zero-order valence-corrected chi connectivity index (χ0v) is 30.9. The number of fused-ring (bicyclic) bond motifs is 5. The fourth-order valence-electron chi connectivity index (χ4n) is 7.72. The first kappa shape index (κ1) is 32.2. The molecule has 0 saturated carbocycles.